The molecule has 0 radical (unpaired) electrons. The highest BCUT2D eigenvalue weighted by molar-refractivity contribution is 5.94. The first kappa shape index (κ1) is 19.1. The van der Waals surface area contributed by atoms with Gasteiger partial charge in [0.15, 0.2) is 0 Å². The van der Waals surface area contributed by atoms with Crippen molar-refractivity contribution in [3.8, 4) is 0 Å². The van der Waals surface area contributed by atoms with E-state index in [-0.39, 0.29) is 11.8 Å². The summed E-state index contributed by atoms with van der Waals surface area (Å²) in [6.07, 6.45) is 8.36. The number of rotatable bonds is 6. The second kappa shape index (κ2) is 8.39. The Morgan fingerprint density at radius 3 is 2.93 bits per heavy atom. The van der Waals surface area contributed by atoms with Gasteiger partial charge in [0.1, 0.15) is 0 Å². The number of aromatic nitrogens is 3. The SMILES string of the molecule is CCOCC1CN(C(=O)c2ccnc(F)c2)Cc2cnn(CC3CCCC3)c21. The Labute approximate surface area is 164 Å². The summed E-state index contributed by atoms with van der Waals surface area (Å²) in [4.78, 5) is 18.2. The van der Waals surface area contributed by atoms with Gasteiger partial charge < -0.3 is 9.64 Å². The monoisotopic (exact) mass is 386 g/mol. The molecule has 0 spiro atoms. The lowest BCUT2D eigenvalue weighted by atomic mass is 9.95. The predicted octanol–water partition coefficient (Wildman–Crippen LogP) is 3.38. The quantitative estimate of drug-likeness (QED) is 0.714. The van der Waals surface area contributed by atoms with Crippen LogP contribution in [0.4, 0.5) is 4.39 Å². The lowest BCUT2D eigenvalue weighted by Gasteiger charge is -2.33. The zero-order valence-corrected chi connectivity index (χ0v) is 16.3. The van der Waals surface area contributed by atoms with Crippen LogP contribution in [0.25, 0.3) is 0 Å². The number of halogens is 1. The first-order valence-corrected chi connectivity index (χ1v) is 10.2. The van der Waals surface area contributed by atoms with E-state index < -0.39 is 5.95 Å². The van der Waals surface area contributed by atoms with E-state index in [1.165, 1.54) is 43.6 Å². The highest BCUT2D eigenvalue weighted by Crippen LogP contribution is 2.32. The molecule has 0 aromatic carbocycles. The van der Waals surface area contributed by atoms with Crippen molar-refractivity contribution in [3.05, 3.63) is 47.3 Å². The van der Waals surface area contributed by atoms with Gasteiger partial charge in [0.25, 0.3) is 5.91 Å². The van der Waals surface area contributed by atoms with E-state index >= 15 is 0 Å². The van der Waals surface area contributed by atoms with Crippen molar-refractivity contribution >= 4 is 5.91 Å². The number of amides is 1. The van der Waals surface area contributed by atoms with E-state index in [9.17, 15) is 9.18 Å². The molecule has 7 heteroatoms. The van der Waals surface area contributed by atoms with Crippen LogP contribution in [0.2, 0.25) is 0 Å². The van der Waals surface area contributed by atoms with E-state index in [1.54, 1.807) is 11.0 Å². The molecule has 1 unspecified atom stereocenters. The van der Waals surface area contributed by atoms with Crippen LogP contribution >= 0.6 is 0 Å². The summed E-state index contributed by atoms with van der Waals surface area (Å²) in [7, 11) is 0. The van der Waals surface area contributed by atoms with Crippen LogP contribution in [-0.2, 0) is 17.8 Å². The summed E-state index contributed by atoms with van der Waals surface area (Å²) in [5, 5.41) is 4.65. The molecule has 0 N–H and O–H groups in total. The summed E-state index contributed by atoms with van der Waals surface area (Å²) in [6, 6.07) is 2.75. The number of carbonyl (C=O) groups excluding carboxylic acids is 1. The molecule has 1 amide bonds. The summed E-state index contributed by atoms with van der Waals surface area (Å²) >= 11 is 0. The Hall–Kier alpha value is -2.28. The molecule has 1 aliphatic carbocycles. The molecule has 2 aromatic rings. The van der Waals surface area contributed by atoms with Crippen molar-refractivity contribution in [2.75, 3.05) is 19.8 Å². The smallest absolute Gasteiger partial charge is 0.254 e. The first-order valence-electron chi connectivity index (χ1n) is 10.2. The largest absolute Gasteiger partial charge is 0.381 e. The molecule has 6 nitrogen and oxygen atoms in total. The van der Waals surface area contributed by atoms with Gasteiger partial charge in [-0.25, -0.2) is 4.98 Å². The Bertz CT molecular complexity index is 832. The van der Waals surface area contributed by atoms with E-state index in [2.05, 4.69) is 14.8 Å². The van der Waals surface area contributed by atoms with Crippen molar-refractivity contribution in [3.63, 3.8) is 0 Å². The van der Waals surface area contributed by atoms with Gasteiger partial charge in [-0.1, -0.05) is 12.8 Å². The van der Waals surface area contributed by atoms with Crippen LogP contribution < -0.4 is 0 Å². The maximum atomic E-state index is 13.5. The van der Waals surface area contributed by atoms with Gasteiger partial charge in [0.05, 0.1) is 18.5 Å². The Kier molecular flexibility index (Phi) is 5.71. The predicted molar refractivity (Wildman–Crippen MR) is 102 cm³/mol. The summed E-state index contributed by atoms with van der Waals surface area (Å²) in [6.45, 7) is 5.14. The highest BCUT2D eigenvalue weighted by atomic mass is 19.1. The van der Waals surface area contributed by atoms with Crippen molar-refractivity contribution in [1.82, 2.24) is 19.7 Å². The number of carbonyl (C=O) groups is 1. The summed E-state index contributed by atoms with van der Waals surface area (Å²) in [5.41, 5.74) is 2.59. The Morgan fingerprint density at radius 2 is 2.18 bits per heavy atom. The van der Waals surface area contributed by atoms with Gasteiger partial charge in [-0.15, -0.1) is 0 Å². The van der Waals surface area contributed by atoms with Gasteiger partial charge in [0, 0.05) is 55.5 Å². The van der Waals surface area contributed by atoms with Crippen LogP contribution in [0.5, 0.6) is 0 Å². The van der Waals surface area contributed by atoms with Gasteiger partial charge in [-0.05, 0) is 31.7 Å². The number of hydrogen-bond donors (Lipinski definition) is 0. The average molecular weight is 386 g/mol. The second-order valence-corrected chi connectivity index (χ2v) is 7.80. The molecule has 3 heterocycles. The van der Waals surface area contributed by atoms with E-state index in [0.717, 1.165) is 12.1 Å². The molecule has 1 aliphatic heterocycles. The lowest BCUT2D eigenvalue weighted by Crippen LogP contribution is -2.40. The fraction of sp³-hybridized carbons (Fsp3) is 0.571. The van der Waals surface area contributed by atoms with Gasteiger partial charge in [0.2, 0.25) is 5.95 Å². The minimum absolute atomic E-state index is 0.0724. The average Bonchev–Trinajstić information content (AvgIpc) is 3.36. The maximum Gasteiger partial charge on any atom is 0.254 e. The molecule has 1 atom stereocenters. The Balaban J connectivity index is 1.58. The molecule has 2 aromatic heterocycles. The van der Waals surface area contributed by atoms with Crippen LogP contribution in [-0.4, -0.2) is 45.3 Å². The number of fused-ring (bicyclic) bond motifs is 1. The van der Waals surface area contributed by atoms with Crippen LogP contribution in [0.15, 0.2) is 24.5 Å². The standard InChI is InChI=1S/C21H27FN4O2/c1-2-28-14-18-13-25(21(27)16-7-8-23-19(22)9-16)12-17-10-24-26(20(17)18)11-15-5-3-4-6-15/h7-10,15,18H,2-6,11-14H2,1H3. The molecule has 28 heavy (non-hydrogen) atoms. The van der Waals surface area contributed by atoms with Crippen LogP contribution in [0, 0.1) is 11.9 Å². The van der Waals surface area contributed by atoms with Crippen molar-refractivity contribution in [1.29, 1.82) is 0 Å². The molecular weight excluding hydrogens is 359 g/mol. The molecule has 4 rings (SSSR count). The number of pyridine rings is 1. The normalized spacial score (nSPS) is 19.8. The fourth-order valence-electron chi connectivity index (χ4n) is 4.50. The molecule has 0 bridgehead atoms. The minimum Gasteiger partial charge on any atom is -0.381 e. The molecule has 150 valence electrons. The van der Waals surface area contributed by atoms with E-state index in [0.29, 0.717) is 37.8 Å². The third-order valence-electron chi connectivity index (χ3n) is 5.84. The third-order valence-corrected chi connectivity index (χ3v) is 5.84. The topological polar surface area (TPSA) is 60.2 Å². The third kappa shape index (κ3) is 3.94. The lowest BCUT2D eigenvalue weighted by molar-refractivity contribution is 0.0645. The first-order chi connectivity index (χ1) is 13.7. The van der Waals surface area contributed by atoms with Gasteiger partial charge in [-0.3, -0.25) is 9.48 Å². The summed E-state index contributed by atoms with van der Waals surface area (Å²) in [5.74, 6) is -0.0600. The van der Waals surface area contributed by atoms with Crippen LogP contribution in [0.1, 0.15) is 60.1 Å². The molecule has 2 aliphatic rings. The molecule has 0 saturated heterocycles. The maximum absolute atomic E-state index is 13.5. The highest BCUT2D eigenvalue weighted by Gasteiger charge is 2.33. The van der Waals surface area contributed by atoms with Crippen molar-refractivity contribution in [2.24, 2.45) is 5.92 Å². The zero-order chi connectivity index (χ0) is 19.5. The van der Waals surface area contributed by atoms with Gasteiger partial charge in [-0.2, -0.15) is 9.49 Å². The van der Waals surface area contributed by atoms with Gasteiger partial charge >= 0.3 is 0 Å². The minimum atomic E-state index is -0.640. The Morgan fingerprint density at radius 1 is 1.36 bits per heavy atom. The van der Waals surface area contributed by atoms with Crippen molar-refractivity contribution in [2.45, 2.75) is 51.6 Å². The number of ether oxygens (including phenoxy) is 1. The zero-order valence-electron chi connectivity index (χ0n) is 16.3. The van der Waals surface area contributed by atoms with E-state index in [1.807, 2.05) is 13.1 Å². The molecule has 1 fully saturated rings. The second-order valence-electron chi connectivity index (χ2n) is 7.80. The molecular formula is C21H27FN4O2. The number of nitrogens with zero attached hydrogens (tertiary/aromatic N) is 4. The van der Waals surface area contributed by atoms with Crippen LogP contribution in [0.3, 0.4) is 0 Å². The number of hydrogen-bond acceptors (Lipinski definition) is 4. The molecule has 1 saturated carbocycles. The fourth-order valence-corrected chi connectivity index (χ4v) is 4.50. The van der Waals surface area contributed by atoms with E-state index in [4.69, 9.17) is 4.74 Å². The summed E-state index contributed by atoms with van der Waals surface area (Å²) < 4.78 is 21.3. The van der Waals surface area contributed by atoms with Crippen molar-refractivity contribution < 1.29 is 13.9 Å².